The minimum absolute atomic E-state index is 0.0142. The summed E-state index contributed by atoms with van der Waals surface area (Å²) in [4.78, 5) is 19.5. The third-order valence-electron chi connectivity index (χ3n) is 5.96. The van der Waals surface area contributed by atoms with Crippen LogP contribution in [0.4, 0.5) is 5.69 Å². The summed E-state index contributed by atoms with van der Waals surface area (Å²) in [5.74, 6) is -0.0142. The molecule has 6 nitrogen and oxygen atoms in total. The van der Waals surface area contributed by atoms with Crippen LogP contribution in [-0.2, 0) is 17.8 Å². The first-order valence-corrected chi connectivity index (χ1v) is 11.5. The van der Waals surface area contributed by atoms with Crippen LogP contribution in [0, 0.1) is 0 Å². The van der Waals surface area contributed by atoms with Crippen LogP contribution in [0.3, 0.4) is 0 Å². The van der Waals surface area contributed by atoms with Crippen LogP contribution in [0.2, 0.25) is 0 Å². The van der Waals surface area contributed by atoms with Crippen molar-refractivity contribution in [3.05, 3.63) is 83.9 Å². The number of carbonyl (C=O) groups is 1. The molecular formula is C25H29N5OS. The van der Waals surface area contributed by atoms with E-state index in [2.05, 4.69) is 57.3 Å². The lowest BCUT2D eigenvalue weighted by Crippen LogP contribution is -2.33. The third-order valence-corrected chi connectivity index (χ3v) is 6.31. The van der Waals surface area contributed by atoms with Gasteiger partial charge in [-0.1, -0.05) is 31.2 Å². The van der Waals surface area contributed by atoms with Gasteiger partial charge in [0, 0.05) is 43.3 Å². The third kappa shape index (κ3) is 4.53. The normalized spacial score (nSPS) is 17.9. The number of aromatic nitrogens is 2. The van der Waals surface area contributed by atoms with Crippen molar-refractivity contribution in [2.75, 3.05) is 11.9 Å². The summed E-state index contributed by atoms with van der Waals surface area (Å²) >= 11 is 5.72. The zero-order valence-corrected chi connectivity index (χ0v) is 19.3. The number of amides is 1. The quantitative estimate of drug-likeness (QED) is 0.499. The molecule has 2 atom stereocenters. The Bertz CT molecular complexity index is 1080. The van der Waals surface area contributed by atoms with Gasteiger partial charge in [0.05, 0.1) is 17.8 Å². The van der Waals surface area contributed by atoms with Gasteiger partial charge in [-0.3, -0.25) is 9.78 Å². The number of pyridine rings is 1. The van der Waals surface area contributed by atoms with Gasteiger partial charge in [-0.25, -0.2) is 0 Å². The highest BCUT2D eigenvalue weighted by Crippen LogP contribution is 2.38. The molecule has 3 aromatic rings. The molecule has 1 aromatic carbocycles. The standard InChI is InChI=1S/C25H29N5OS/c1-3-18-10-5-6-11-19(18)27-22(31)14-17-30-24(21-13-9-16-29(21)4-2)23(28-25(30)32)20-12-7-8-15-26-20/h5-13,15-16,23-24H,3-4,14,17H2,1-2H3,(H,27,31)(H,28,32)/t23-,24+/m1/s1. The molecule has 2 aromatic heterocycles. The van der Waals surface area contributed by atoms with E-state index in [4.69, 9.17) is 12.2 Å². The van der Waals surface area contributed by atoms with Crippen LogP contribution in [0.15, 0.2) is 67.0 Å². The Kier molecular flexibility index (Phi) is 6.85. The number of para-hydroxylation sites is 1. The molecule has 0 saturated carbocycles. The lowest BCUT2D eigenvalue weighted by molar-refractivity contribution is -0.116. The Morgan fingerprint density at radius 2 is 1.94 bits per heavy atom. The highest BCUT2D eigenvalue weighted by Gasteiger charge is 2.40. The fourth-order valence-corrected chi connectivity index (χ4v) is 4.67. The van der Waals surface area contributed by atoms with E-state index in [1.807, 2.05) is 42.5 Å². The van der Waals surface area contributed by atoms with Crippen molar-refractivity contribution in [1.82, 2.24) is 19.8 Å². The second kappa shape index (κ2) is 9.96. The van der Waals surface area contributed by atoms with Crippen LogP contribution < -0.4 is 10.6 Å². The molecule has 1 amide bonds. The molecule has 166 valence electrons. The number of nitrogens with one attached hydrogen (secondary N) is 2. The molecule has 2 N–H and O–H groups in total. The highest BCUT2D eigenvalue weighted by atomic mass is 32.1. The average Bonchev–Trinajstić information content (AvgIpc) is 3.42. The van der Waals surface area contributed by atoms with Crippen molar-refractivity contribution in [3.8, 4) is 0 Å². The SMILES string of the molecule is CCc1ccccc1NC(=O)CCN1C(=S)N[C@H](c2ccccn2)[C@@H]1c1cccn1CC. The second-order valence-corrected chi connectivity index (χ2v) is 8.23. The van der Waals surface area contributed by atoms with Crippen molar-refractivity contribution in [2.24, 2.45) is 0 Å². The number of hydrogen-bond acceptors (Lipinski definition) is 3. The van der Waals surface area contributed by atoms with Crippen LogP contribution in [-0.4, -0.2) is 32.0 Å². The number of benzene rings is 1. The molecule has 0 spiro atoms. The van der Waals surface area contributed by atoms with E-state index in [-0.39, 0.29) is 18.0 Å². The summed E-state index contributed by atoms with van der Waals surface area (Å²) in [6.45, 7) is 5.60. The minimum atomic E-state index is -0.0761. The van der Waals surface area contributed by atoms with Gasteiger partial charge < -0.3 is 20.1 Å². The van der Waals surface area contributed by atoms with Crippen LogP contribution in [0.5, 0.6) is 0 Å². The van der Waals surface area contributed by atoms with Crippen LogP contribution in [0.25, 0.3) is 0 Å². The molecule has 7 heteroatoms. The Morgan fingerprint density at radius 1 is 1.12 bits per heavy atom. The van der Waals surface area contributed by atoms with Gasteiger partial charge in [0.2, 0.25) is 5.91 Å². The van der Waals surface area contributed by atoms with Crippen molar-refractivity contribution >= 4 is 28.9 Å². The maximum absolute atomic E-state index is 12.8. The summed E-state index contributed by atoms with van der Waals surface area (Å²) in [5.41, 5.74) is 4.11. The molecule has 32 heavy (non-hydrogen) atoms. The minimum Gasteiger partial charge on any atom is -0.352 e. The van der Waals surface area contributed by atoms with E-state index in [9.17, 15) is 4.79 Å². The number of aryl methyl sites for hydroxylation is 2. The molecule has 1 fully saturated rings. The van der Waals surface area contributed by atoms with Gasteiger partial charge in [0.15, 0.2) is 5.11 Å². The molecule has 0 radical (unpaired) electrons. The van der Waals surface area contributed by atoms with Crippen molar-refractivity contribution in [3.63, 3.8) is 0 Å². The number of thiocarbonyl (C=S) groups is 1. The largest absolute Gasteiger partial charge is 0.352 e. The molecule has 3 heterocycles. The van der Waals surface area contributed by atoms with Crippen molar-refractivity contribution in [2.45, 2.75) is 45.3 Å². The molecule has 1 saturated heterocycles. The van der Waals surface area contributed by atoms with Gasteiger partial charge in [0.25, 0.3) is 0 Å². The van der Waals surface area contributed by atoms with Gasteiger partial charge in [-0.15, -0.1) is 0 Å². The van der Waals surface area contributed by atoms with E-state index in [0.29, 0.717) is 18.1 Å². The molecule has 1 aliphatic heterocycles. The summed E-state index contributed by atoms with van der Waals surface area (Å²) in [7, 11) is 0. The summed E-state index contributed by atoms with van der Waals surface area (Å²) < 4.78 is 2.22. The number of rotatable bonds is 8. The summed E-state index contributed by atoms with van der Waals surface area (Å²) in [5, 5.41) is 7.17. The van der Waals surface area contributed by atoms with Crippen molar-refractivity contribution < 1.29 is 4.79 Å². The highest BCUT2D eigenvalue weighted by molar-refractivity contribution is 7.80. The molecule has 0 unspecified atom stereocenters. The maximum Gasteiger partial charge on any atom is 0.226 e. The zero-order chi connectivity index (χ0) is 22.5. The summed E-state index contributed by atoms with van der Waals surface area (Å²) in [6, 6.07) is 17.9. The topological polar surface area (TPSA) is 62.2 Å². The Labute approximate surface area is 194 Å². The van der Waals surface area contributed by atoms with E-state index >= 15 is 0 Å². The number of carbonyl (C=O) groups excluding carboxylic acids is 1. The second-order valence-electron chi connectivity index (χ2n) is 7.85. The predicted octanol–water partition coefficient (Wildman–Crippen LogP) is 4.47. The van der Waals surface area contributed by atoms with E-state index in [1.54, 1.807) is 6.20 Å². The fourth-order valence-electron chi connectivity index (χ4n) is 4.34. The molecule has 0 aliphatic carbocycles. The van der Waals surface area contributed by atoms with Crippen LogP contribution in [0.1, 0.15) is 49.3 Å². The molecule has 0 bridgehead atoms. The Morgan fingerprint density at radius 3 is 2.69 bits per heavy atom. The van der Waals surface area contributed by atoms with E-state index in [1.165, 1.54) is 0 Å². The smallest absolute Gasteiger partial charge is 0.226 e. The lowest BCUT2D eigenvalue weighted by Gasteiger charge is -2.28. The molecular weight excluding hydrogens is 418 g/mol. The first-order valence-electron chi connectivity index (χ1n) is 11.1. The van der Waals surface area contributed by atoms with Crippen molar-refractivity contribution in [1.29, 1.82) is 0 Å². The van der Waals surface area contributed by atoms with Gasteiger partial charge >= 0.3 is 0 Å². The van der Waals surface area contributed by atoms with Crippen LogP contribution >= 0.6 is 12.2 Å². The van der Waals surface area contributed by atoms with E-state index in [0.717, 1.165) is 35.6 Å². The zero-order valence-electron chi connectivity index (χ0n) is 18.5. The first kappa shape index (κ1) is 22.0. The first-order chi connectivity index (χ1) is 15.6. The Hall–Kier alpha value is -3.19. The Balaban J connectivity index is 1.54. The van der Waals surface area contributed by atoms with Gasteiger partial charge in [-0.2, -0.15) is 0 Å². The number of hydrogen-bond donors (Lipinski definition) is 2. The number of anilines is 1. The lowest BCUT2D eigenvalue weighted by atomic mass is 10.0. The van der Waals surface area contributed by atoms with Gasteiger partial charge in [0.1, 0.15) is 0 Å². The average molecular weight is 448 g/mol. The monoisotopic (exact) mass is 447 g/mol. The number of nitrogens with zero attached hydrogens (tertiary/aromatic N) is 3. The maximum atomic E-state index is 12.8. The summed E-state index contributed by atoms with van der Waals surface area (Å²) in [6.07, 6.45) is 5.10. The molecule has 1 aliphatic rings. The predicted molar refractivity (Wildman–Crippen MR) is 131 cm³/mol. The van der Waals surface area contributed by atoms with Gasteiger partial charge in [-0.05, 0) is 61.5 Å². The fraction of sp³-hybridized carbons (Fsp3) is 0.320. The molecule has 4 rings (SSSR count). The van der Waals surface area contributed by atoms with E-state index < -0.39 is 0 Å².